The molecule has 0 aromatic heterocycles. The second-order valence-electron chi connectivity index (χ2n) is 4.91. The molecule has 1 aromatic rings. The maximum Gasteiger partial charge on any atom is 0.419 e. The zero-order valence-corrected chi connectivity index (χ0v) is 10.7. The second-order valence-corrected chi connectivity index (χ2v) is 4.91. The predicted molar refractivity (Wildman–Crippen MR) is 63.6 cm³/mol. The van der Waals surface area contributed by atoms with Gasteiger partial charge in [-0.05, 0) is 30.9 Å². The normalized spacial score (nSPS) is 16.4. The van der Waals surface area contributed by atoms with E-state index in [1.807, 2.05) is 0 Å². The minimum atomic E-state index is -4.83. The molecule has 0 spiro atoms. The van der Waals surface area contributed by atoms with E-state index in [0.29, 0.717) is 6.07 Å². The fourth-order valence-electron chi connectivity index (χ4n) is 2.36. The van der Waals surface area contributed by atoms with Gasteiger partial charge in [0.15, 0.2) is 0 Å². The van der Waals surface area contributed by atoms with Crippen LogP contribution in [0.3, 0.4) is 0 Å². The fourth-order valence-corrected chi connectivity index (χ4v) is 2.36. The highest BCUT2D eigenvalue weighted by molar-refractivity contribution is 5.90. The standard InChI is InChI=1S/C14H14F4O2/c15-12-10(6-3-7-11(12)14(16,17)18)13(19)20-8-9-4-1-2-5-9/h3,6-7,9H,1-2,4-5,8H2. The van der Waals surface area contributed by atoms with Crippen LogP contribution in [0.1, 0.15) is 41.6 Å². The molecule has 0 N–H and O–H groups in total. The number of carbonyl (C=O) groups is 1. The largest absolute Gasteiger partial charge is 0.462 e. The van der Waals surface area contributed by atoms with Gasteiger partial charge in [0.05, 0.1) is 17.7 Å². The lowest BCUT2D eigenvalue weighted by Gasteiger charge is -2.12. The summed E-state index contributed by atoms with van der Waals surface area (Å²) in [5.41, 5.74) is -2.12. The molecule has 0 saturated heterocycles. The minimum absolute atomic E-state index is 0.133. The Balaban J connectivity index is 2.09. The summed E-state index contributed by atoms with van der Waals surface area (Å²) in [6.45, 7) is 0.133. The molecule has 110 valence electrons. The molecule has 6 heteroatoms. The maximum atomic E-state index is 13.7. The number of carbonyl (C=O) groups excluding carboxylic acids is 1. The molecular weight excluding hydrogens is 276 g/mol. The van der Waals surface area contributed by atoms with Crippen LogP contribution in [-0.4, -0.2) is 12.6 Å². The van der Waals surface area contributed by atoms with E-state index in [9.17, 15) is 22.4 Å². The van der Waals surface area contributed by atoms with Crippen molar-refractivity contribution in [1.29, 1.82) is 0 Å². The van der Waals surface area contributed by atoms with Crippen LogP contribution in [-0.2, 0) is 10.9 Å². The third-order valence-corrected chi connectivity index (χ3v) is 3.45. The van der Waals surface area contributed by atoms with Gasteiger partial charge in [-0.2, -0.15) is 13.2 Å². The second kappa shape index (κ2) is 5.81. The van der Waals surface area contributed by atoms with Gasteiger partial charge in [0.2, 0.25) is 0 Å². The van der Waals surface area contributed by atoms with Crippen LogP contribution in [0.25, 0.3) is 0 Å². The molecule has 0 bridgehead atoms. The molecule has 1 aliphatic rings. The van der Waals surface area contributed by atoms with E-state index in [2.05, 4.69) is 0 Å². The average molecular weight is 290 g/mol. The number of hydrogen-bond donors (Lipinski definition) is 0. The summed E-state index contributed by atoms with van der Waals surface area (Å²) in [5.74, 6) is -2.38. The van der Waals surface area contributed by atoms with E-state index in [1.54, 1.807) is 0 Å². The van der Waals surface area contributed by atoms with E-state index in [1.165, 1.54) is 0 Å². The number of esters is 1. The van der Waals surface area contributed by atoms with Crippen LogP contribution >= 0.6 is 0 Å². The van der Waals surface area contributed by atoms with Gasteiger partial charge >= 0.3 is 12.1 Å². The molecule has 0 amide bonds. The van der Waals surface area contributed by atoms with Crippen LogP contribution in [0.5, 0.6) is 0 Å². The third-order valence-electron chi connectivity index (χ3n) is 3.45. The lowest BCUT2D eigenvalue weighted by Crippen LogP contribution is -2.16. The summed E-state index contributed by atoms with van der Waals surface area (Å²) in [5, 5.41) is 0. The predicted octanol–water partition coefficient (Wildman–Crippen LogP) is 4.19. The number of halogens is 4. The first kappa shape index (κ1) is 14.8. The smallest absolute Gasteiger partial charge is 0.419 e. The van der Waals surface area contributed by atoms with Crippen molar-refractivity contribution in [3.8, 4) is 0 Å². The molecule has 1 saturated carbocycles. The lowest BCUT2D eigenvalue weighted by molar-refractivity contribution is -0.140. The van der Waals surface area contributed by atoms with E-state index >= 15 is 0 Å². The van der Waals surface area contributed by atoms with Crippen LogP contribution in [0.4, 0.5) is 17.6 Å². The maximum absolute atomic E-state index is 13.7. The molecule has 2 nitrogen and oxygen atoms in total. The highest BCUT2D eigenvalue weighted by atomic mass is 19.4. The van der Waals surface area contributed by atoms with Crippen LogP contribution in [0.2, 0.25) is 0 Å². The molecule has 20 heavy (non-hydrogen) atoms. The van der Waals surface area contributed by atoms with Crippen molar-refractivity contribution in [3.63, 3.8) is 0 Å². The highest BCUT2D eigenvalue weighted by Crippen LogP contribution is 2.32. The molecule has 1 aromatic carbocycles. The SMILES string of the molecule is O=C(OCC1CCCC1)c1cccc(C(F)(F)F)c1F. The monoisotopic (exact) mass is 290 g/mol. The minimum Gasteiger partial charge on any atom is -0.462 e. The number of benzene rings is 1. The topological polar surface area (TPSA) is 26.3 Å². The van der Waals surface area contributed by atoms with E-state index in [-0.39, 0.29) is 12.5 Å². The molecule has 0 atom stereocenters. The number of rotatable bonds is 3. The van der Waals surface area contributed by atoms with Crippen molar-refractivity contribution in [1.82, 2.24) is 0 Å². The van der Waals surface area contributed by atoms with Gasteiger partial charge in [0.25, 0.3) is 0 Å². The molecule has 1 aliphatic carbocycles. The van der Waals surface area contributed by atoms with Crippen molar-refractivity contribution in [3.05, 3.63) is 35.1 Å². The summed E-state index contributed by atoms with van der Waals surface area (Å²) in [4.78, 5) is 11.7. The van der Waals surface area contributed by atoms with Crippen LogP contribution in [0, 0.1) is 11.7 Å². The van der Waals surface area contributed by atoms with Crippen molar-refractivity contribution >= 4 is 5.97 Å². The van der Waals surface area contributed by atoms with E-state index in [0.717, 1.165) is 37.8 Å². The molecule has 0 unspecified atom stereocenters. The lowest BCUT2D eigenvalue weighted by atomic mass is 10.1. The summed E-state index contributed by atoms with van der Waals surface area (Å²) in [6.07, 6.45) is -0.858. The summed E-state index contributed by atoms with van der Waals surface area (Å²) < 4.78 is 56.2. The first-order chi connectivity index (χ1) is 9.39. The summed E-state index contributed by atoms with van der Waals surface area (Å²) in [6, 6.07) is 2.60. The Kier molecular flexibility index (Phi) is 4.30. The Hall–Kier alpha value is -1.59. The zero-order chi connectivity index (χ0) is 14.8. The zero-order valence-electron chi connectivity index (χ0n) is 10.7. The molecule has 0 aliphatic heterocycles. The number of ether oxygens (including phenoxy) is 1. The van der Waals surface area contributed by atoms with Gasteiger partial charge in [0, 0.05) is 0 Å². The first-order valence-corrected chi connectivity index (χ1v) is 6.42. The van der Waals surface area contributed by atoms with E-state index in [4.69, 9.17) is 4.74 Å². The van der Waals surface area contributed by atoms with Crippen molar-refractivity contribution in [2.24, 2.45) is 5.92 Å². The summed E-state index contributed by atoms with van der Waals surface area (Å²) >= 11 is 0. The fraction of sp³-hybridized carbons (Fsp3) is 0.500. The highest BCUT2D eigenvalue weighted by Gasteiger charge is 2.36. The van der Waals surface area contributed by atoms with Gasteiger partial charge in [-0.15, -0.1) is 0 Å². The molecule has 0 heterocycles. The number of alkyl halides is 3. The van der Waals surface area contributed by atoms with Crippen molar-refractivity contribution in [2.75, 3.05) is 6.61 Å². The Morgan fingerprint density at radius 2 is 1.90 bits per heavy atom. The average Bonchev–Trinajstić information content (AvgIpc) is 2.88. The van der Waals surface area contributed by atoms with E-state index < -0.39 is 29.1 Å². The van der Waals surface area contributed by atoms with Gasteiger partial charge in [-0.3, -0.25) is 0 Å². The summed E-state index contributed by atoms with van der Waals surface area (Å²) in [7, 11) is 0. The Morgan fingerprint density at radius 1 is 1.25 bits per heavy atom. The van der Waals surface area contributed by atoms with Crippen molar-refractivity contribution < 1.29 is 27.1 Å². The van der Waals surface area contributed by atoms with Gasteiger partial charge in [0.1, 0.15) is 5.82 Å². The van der Waals surface area contributed by atoms with Crippen molar-refractivity contribution in [2.45, 2.75) is 31.9 Å². The third kappa shape index (κ3) is 3.29. The van der Waals surface area contributed by atoms with Crippen LogP contribution < -0.4 is 0 Å². The van der Waals surface area contributed by atoms with Gasteiger partial charge in [-0.1, -0.05) is 18.9 Å². The Labute approximate surface area is 113 Å². The molecule has 0 radical (unpaired) electrons. The van der Waals surface area contributed by atoms with Gasteiger partial charge in [-0.25, -0.2) is 9.18 Å². The Morgan fingerprint density at radius 3 is 2.50 bits per heavy atom. The molecule has 2 rings (SSSR count). The number of hydrogen-bond acceptors (Lipinski definition) is 2. The molecule has 1 fully saturated rings. The first-order valence-electron chi connectivity index (χ1n) is 6.42. The Bertz CT molecular complexity index is 490. The van der Waals surface area contributed by atoms with Crippen LogP contribution in [0.15, 0.2) is 18.2 Å². The van der Waals surface area contributed by atoms with Gasteiger partial charge < -0.3 is 4.74 Å². The quantitative estimate of drug-likeness (QED) is 0.616. The molecular formula is C14H14F4O2.